The number of fused-ring (bicyclic) bond motifs is 3. The molecule has 0 atom stereocenters. The average molecular weight is 1070 g/mol. The number of rotatable bonds is 9. The van der Waals surface area contributed by atoms with Crippen molar-refractivity contribution in [3.05, 3.63) is 190 Å². The summed E-state index contributed by atoms with van der Waals surface area (Å²) in [7, 11) is -1.23. The third kappa shape index (κ3) is 10.3. The van der Waals surface area contributed by atoms with Crippen LogP contribution in [0, 0.1) is 53.7 Å². The molecule has 9 aromatic rings. The summed E-state index contributed by atoms with van der Waals surface area (Å²) < 4.78 is 6.86. The SMILES string of the molecule is C[Si](C)(C)c1ccc(-c2[c-]cccc2)nc1.Cc1cc(C)c(B(c2ccc3c(c2)oc2c(-c4cc(-c5c(C(C)C)cccc5C(C)C)ccn4)[c-]ccc23)c2c(C)cc(C)cc2C)c(C)c1.[Ir]. The van der Waals surface area contributed by atoms with Crippen LogP contribution in [0.3, 0.4) is 0 Å². The van der Waals surface area contributed by atoms with E-state index in [1.165, 1.54) is 77.2 Å². The van der Waals surface area contributed by atoms with E-state index >= 15 is 0 Å². The zero-order valence-electron chi connectivity index (χ0n) is 41.6. The number of pyridine rings is 2. The molecule has 0 amide bonds. The van der Waals surface area contributed by atoms with Crippen LogP contribution in [0.15, 0.2) is 138 Å². The molecule has 1 radical (unpaired) electrons. The fraction of sp³-hybridized carbons (Fsp3) is 0.246. The molecule has 0 saturated heterocycles. The smallest absolute Gasteiger partial charge is 0.242 e. The van der Waals surface area contributed by atoms with E-state index in [4.69, 9.17) is 9.40 Å². The molecule has 0 spiro atoms. The van der Waals surface area contributed by atoms with Gasteiger partial charge in [-0.2, -0.15) is 0 Å². The monoisotopic (exact) mass is 1070 g/mol. The Bertz CT molecular complexity index is 3070. The molecule has 3 nitrogen and oxygen atoms in total. The van der Waals surface area contributed by atoms with Crippen LogP contribution < -0.4 is 21.6 Å². The van der Waals surface area contributed by atoms with E-state index in [0.29, 0.717) is 11.8 Å². The number of nitrogens with zero attached hydrogens (tertiary/aromatic N) is 2. The van der Waals surface area contributed by atoms with E-state index in [-0.39, 0.29) is 26.8 Å². The predicted molar refractivity (Wildman–Crippen MR) is 287 cm³/mol. The van der Waals surface area contributed by atoms with Crippen molar-refractivity contribution >= 4 is 58.3 Å². The molecule has 341 valence electrons. The standard InChI is InChI=1S/C47H47BNO.C14H16NSi.Ir/c1-27(2)37-13-11-14-38(28(3)4)44(37)35-19-20-49-42(25-35)41-16-12-15-40-39-18-17-36(26-43(39)50-47(40)41)48(45-31(7)21-29(5)22-32(45)8)46-33(9)23-30(6)24-34(46)10;1-16(2,3)13-9-10-14(15-11-13)12-7-5-4-6-8-12;/h11-15,17-28H,1-10H3;4-7,9-11H,1-3H3;/q2*-1;. The first-order chi connectivity index (χ1) is 31.5. The maximum absolute atomic E-state index is 6.86. The van der Waals surface area contributed by atoms with Gasteiger partial charge in [-0.1, -0.05) is 181 Å². The van der Waals surface area contributed by atoms with Gasteiger partial charge in [0.25, 0.3) is 0 Å². The Morgan fingerprint density at radius 1 is 0.582 bits per heavy atom. The number of hydrogen-bond acceptors (Lipinski definition) is 3. The van der Waals surface area contributed by atoms with Crippen LogP contribution in [-0.2, 0) is 20.1 Å². The third-order valence-corrected chi connectivity index (χ3v) is 15.2. The van der Waals surface area contributed by atoms with E-state index in [2.05, 4.69) is 197 Å². The largest absolute Gasteiger partial charge is 0.501 e. The van der Waals surface area contributed by atoms with Crippen LogP contribution in [0.25, 0.3) is 55.6 Å². The maximum atomic E-state index is 6.86. The van der Waals surface area contributed by atoms with Crippen molar-refractivity contribution in [1.82, 2.24) is 9.97 Å². The van der Waals surface area contributed by atoms with Crippen LogP contribution >= 0.6 is 0 Å². The van der Waals surface area contributed by atoms with Gasteiger partial charge in [0.1, 0.15) is 5.58 Å². The van der Waals surface area contributed by atoms with Crippen molar-refractivity contribution in [3.63, 3.8) is 0 Å². The summed E-state index contributed by atoms with van der Waals surface area (Å²) >= 11 is 0. The topological polar surface area (TPSA) is 38.9 Å². The van der Waals surface area contributed by atoms with E-state index < -0.39 is 8.07 Å². The second-order valence-corrected chi connectivity index (χ2v) is 25.1. The number of furan rings is 1. The molecule has 3 aromatic heterocycles. The second kappa shape index (κ2) is 20.3. The Morgan fingerprint density at radius 2 is 1.21 bits per heavy atom. The zero-order chi connectivity index (χ0) is 47.0. The van der Waals surface area contributed by atoms with Crippen LogP contribution in [0.4, 0.5) is 0 Å². The molecule has 0 aliphatic rings. The minimum atomic E-state index is -1.23. The van der Waals surface area contributed by atoms with Crippen LogP contribution in [-0.4, -0.2) is 24.8 Å². The molecule has 0 N–H and O–H groups in total. The van der Waals surface area contributed by atoms with Gasteiger partial charge in [0, 0.05) is 37.9 Å². The van der Waals surface area contributed by atoms with Gasteiger partial charge in [-0.25, -0.2) is 0 Å². The molecule has 0 bridgehead atoms. The van der Waals surface area contributed by atoms with Gasteiger partial charge in [-0.05, 0) is 104 Å². The molecule has 6 aromatic carbocycles. The molecule has 0 aliphatic heterocycles. The second-order valence-electron chi connectivity index (χ2n) is 20.0. The number of hydrogen-bond donors (Lipinski definition) is 0. The molecule has 0 aliphatic carbocycles. The Balaban J connectivity index is 0.000000331. The van der Waals surface area contributed by atoms with Crippen LogP contribution in [0.1, 0.15) is 84.0 Å². The molecule has 0 saturated carbocycles. The van der Waals surface area contributed by atoms with Crippen molar-refractivity contribution in [3.8, 4) is 33.6 Å². The van der Waals surface area contributed by atoms with E-state index in [1.807, 2.05) is 42.7 Å². The van der Waals surface area contributed by atoms with Crippen LogP contribution in [0.2, 0.25) is 19.6 Å². The van der Waals surface area contributed by atoms with Crippen LogP contribution in [0.5, 0.6) is 0 Å². The molecule has 0 unspecified atom stereocenters. The summed E-state index contributed by atoms with van der Waals surface area (Å²) in [4.78, 5) is 9.41. The summed E-state index contributed by atoms with van der Waals surface area (Å²) in [5, 5.41) is 3.59. The summed E-state index contributed by atoms with van der Waals surface area (Å²) in [6.45, 7) is 29.6. The first-order valence-corrected chi connectivity index (χ1v) is 27.1. The molecular formula is C61H63BIrN2OSi-2. The summed E-state index contributed by atoms with van der Waals surface area (Å²) in [6, 6.07) is 50.3. The Labute approximate surface area is 415 Å². The van der Waals surface area contributed by atoms with Crippen molar-refractivity contribution in [1.29, 1.82) is 0 Å². The van der Waals surface area contributed by atoms with Gasteiger partial charge in [-0.3, -0.25) is 0 Å². The number of benzene rings is 6. The predicted octanol–water partition coefficient (Wildman–Crippen LogP) is 13.8. The molecule has 3 heterocycles. The molecule has 9 rings (SSSR count). The number of aromatic nitrogens is 2. The minimum absolute atomic E-state index is 0. The minimum Gasteiger partial charge on any atom is -0.501 e. The first-order valence-electron chi connectivity index (χ1n) is 23.6. The molecular weight excluding hydrogens is 1010 g/mol. The fourth-order valence-electron chi connectivity index (χ4n) is 10.1. The summed E-state index contributed by atoms with van der Waals surface area (Å²) in [5.41, 5.74) is 22.6. The van der Waals surface area contributed by atoms with Gasteiger partial charge in [-0.15, -0.1) is 54.1 Å². The normalized spacial score (nSPS) is 11.5. The quantitative estimate of drug-likeness (QED) is 0.107. The van der Waals surface area contributed by atoms with E-state index in [9.17, 15) is 0 Å². The third-order valence-electron chi connectivity index (χ3n) is 13.1. The van der Waals surface area contributed by atoms with Gasteiger partial charge in [0.15, 0.2) is 0 Å². The van der Waals surface area contributed by atoms with Gasteiger partial charge in [0.2, 0.25) is 6.71 Å². The van der Waals surface area contributed by atoms with Crippen molar-refractivity contribution in [2.75, 3.05) is 0 Å². The zero-order valence-corrected chi connectivity index (χ0v) is 45.0. The maximum Gasteiger partial charge on any atom is 0.242 e. The Hall–Kier alpha value is -5.65. The fourth-order valence-corrected chi connectivity index (χ4v) is 11.1. The van der Waals surface area contributed by atoms with Gasteiger partial charge in [0.05, 0.1) is 13.7 Å². The Morgan fingerprint density at radius 3 is 1.75 bits per heavy atom. The van der Waals surface area contributed by atoms with Crippen molar-refractivity contribution in [2.24, 2.45) is 0 Å². The molecule has 0 fully saturated rings. The summed E-state index contributed by atoms with van der Waals surface area (Å²) in [6.07, 6.45) is 3.95. The van der Waals surface area contributed by atoms with Crippen molar-refractivity contribution < 1.29 is 24.5 Å². The molecule has 67 heavy (non-hydrogen) atoms. The number of aryl methyl sites for hydroxylation is 6. The summed E-state index contributed by atoms with van der Waals surface area (Å²) in [5.74, 6) is 0.812. The Kier molecular flexibility index (Phi) is 14.9. The average Bonchev–Trinajstić information content (AvgIpc) is 3.66. The first kappa shape index (κ1) is 49.3. The van der Waals surface area contributed by atoms with E-state index in [1.54, 1.807) is 0 Å². The van der Waals surface area contributed by atoms with Gasteiger partial charge < -0.3 is 14.4 Å². The van der Waals surface area contributed by atoms with Gasteiger partial charge >= 0.3 is 0 Å². The molecule has 6 heteroatoms. The van der Waals surface area contributed by atoms with E-state index in [0.717, 1.165) is 44.5 Å². The van der Waals surface area contributed by atoms with Crippen molar-refractivity contribution in [2.45, 2.75) is 101 Å².